The van der Waals surface area contributed by atoms with Gasteiger partial charge in [-0.2, -0.15) is 0 Å². The zero-order chi connectivity index (χ0) is 10.1. The number of aromatic nitrogens is 2. The molecule has 1 aliphatic heterocycles. The topological polar surface area (TPSA) is 35.0 Å². The Kier molecular flexibility index (Phi) is 1.88. The molecule has 1 aliphatic rings. The number of fused-ring (bicyclic) bond motifs is 1. The van der Waals surface area contributed by atoms with Gasteiger partial charge in [0.05, 0.1) is 24.7 Å². The molecule has 1 aromatic heterocycles. The van der Waals surface area contributed by atoms with Crippen molar-refractivity contribution in [1.82, 2.24) is 9.97 Å². The van der Waals surface area contributed by atoms with Crippen LogP contribution in [-0.4, -0.2) is 16.6 Å². The highest BCUT2D eigenvalue weighted by Crippen LogP contribution is 2.29. The molecule has 1 radical (unpaired) electrons. The Balaban J connectivity index is 2.07. The maximum Gasteiger partial charge on any atom is 0.123 e. The molecule has 0 fully saturated rings. The molecule has 0 bridgehead atoms. The van der Waals surface area contributed by atoms with Gasteiger partial charge >= 0.3 is 0 Å². The van der Waals surface area contributed by atoms with Gasteiger partial charge in [0.15, 0.2) is 0 Å². The van der Waals surface area contributed by atoms with Gasteiger partial charge in [-0.25, -0.2) is 4.98 Å². The summed E-state index contributed by atoms with van der Waals surface area (Å²) < 4.78 is 5.50. The van der Waals surface area contributed by atoms with Crippen LogP contribution in [0.2, 0.25) is 0 Å². The highest BCUT2D eigenvalue weighted by atomic mass is 16.5. The molecule has 0 aliphatic carbocycles. The van der Waals surface area contributed by atoms with Crippen LogP contribution in [0, 0.1) is 6.20 Å². The maximum absolute atomic E-state index is 5.50. The predicted molar refractivity (Wildman–Crippen MR) is 55.5 cm³/mol. The molecule has 0 unspecified atom stereocenters. The third-order valence-electron chi connectivity index (χ3n) is 2.51. The minimum atomic E-state index is 0.783. The van der Waals surface area contributed by atoms with Gasteiger partial charge in [0, 0.05) is 12.0 Å². The Morgan fingerprint density at radius 2 is 2.33 bits per heavy atom. The van der Waals surface area contributed by atoms with Crippen molar-refractivity contribution >= 4 is 0 Å². The first-order valence-electron chi connectivity index (χ1n) is 4.88. The Labute approximate surface area is 87.8 Å². The first-order valence-corrected chi connectivity index (χ1v) is 4.88. The molecule has 1 aromatic carbocycles. The average molecular weight is 197 g/mol. The summed E-state index contributed by atoms with van der Waals surface area (Å²) in [6.07, 6.45) is 7.01. The summed E-state index contributed by atoms with van der Waals surface area (Å²) >= 11 is 0. The van der Waals surface area contributed by atoms with E-state index in [1.54, 1.807) is 12.4 Å². The summed E-state index contributed by atoms with van der Waals surface area (Å²) in [6.45, 7) is 0.783. The Bertz CT molecular complexity index is 482. The van der Waals surface area contributed by atoms with Gasteiger partial charge in [0.25, 0.3) is 0 Å². The van der Waals surface area contributed by atoms with E-state index in [-0.39, 0.29) is 0 Å². The summed E-state index contributed by atoms with van der Waals surface area (Å²) in [5.41, 5.74) is 3.13. The Morgan fingerprint density at radius 1 is 1.33 bits per heavy atom. The fourth-order valence-corrected chi connectivity index (χ4v) is 1.73. The van der Waals surface area contributed by atoms with E-state index < -0.39 is 0 Å². The predicted octanol–water partition coefficient (Wildman–Crippen LogP) is 1.88. The van der Waals surface area contributed by atoms with Gasteiger partial charge in [-0.15, -0.1) is 0 Å². The van der Waals surface area contributed by atoms with Crippen LogP contribution < -0.4 is 4.74 Å². The van der Waals surface area contributed by atoms with Crippen molar-refractivity contribution in [3.05, 3.63) is 42.4 Å². The van der Waals surface area contributed by atoms with Gasteiger partial charge in [0.1, 0.15) is 11.9 Å². The molecule has 0 saturated heterocycles. The molecule has 3 rings (SSSR count). The van der Waals surface area contributed by atoms with E-state index in [2.05, 4.69) is 22.2 Å². The SMILES string of the molecule is [c]1cncc(-c2ccc3c(c2)OCC3)n1. The molecule has 15 heavy (non-hydrogen) atoms. The van der Waals surface area contributed by atoms with Crippen LogP contribution in [0.5, 0.6) is 5.75 Å². The van der Waals surface area contributed by atoms with E-state index in [4.69, 9.17) is 4.74 Å². The van der Waals surface area contributed by atoms with Crippen molar-refractivity contribution in [2.24, 2.45) is 0 Å². The number of nitrogens with zero attached hydrogens (tertiary/aromatic N) is 2. The lowest BCUT2D eigenvalue weighted by molar-refractivity contribution is 0.357. The molecule has 0 amide bonds. The third kappa shape index (κ3) is 1.46. The van der Waals surface area contributed by atoms with Crippen molar-refractivity contribution in [3.63, 3.8) is 0 Å². The summed E-state index contributed by atoms with van der Waals surface area (Å²) in [5, 5.41) is 0. The summed E-state index contributed by atoms with van der Waals surface area (Å²) in [6, 6.07) is 6.15. The molecular weight excluding hydrogens is 188 g/mol. The Hall–Kier alpha value is -1.90. The van der Waals surface area contributed by atoms with Crippen molar-refractivity contribution < 1.29 is 4.74 Å². The van der Waals surface area contributed by atoms with Crippen LogP contribution >= 0.6 is 0 Å². The Morgan fingerprint density at radius 3 is 3.20 bits per heavy atom. The van der Waals surface area contributed by atoms with Gasteiger partial charge in [-0.3, -0.25) is 4.98 Å². The lowest BCUT2D eigenvalue weighted by Crippen LogP contribution is -1.87. The smallest absolute Gasteiger partial charge is 0.123 e. The van der Waals surface area contributed by atoms with E-state index in [9.17, 15) is 0 Å². The quantitative estimate of drug-likeness (QED) is 0.700. The molecule has 3 nitrogen and oxygen atoms in total. The number of ether oxygens (including phenoxy) is 1. The molecular formula is C12H9N2O. The van der Waals surface area contributed by atoms with E-state index in [1.165, 1.54) is 5.56 Å². The standard InChI is InChI=1S/C12H9N2O/c1-2-10(11-8-13-4-5-14-11)7-12-9(1)3-6-15-12/h1-2,4,7-8H,3,6H2. The molecule has 3 heteroatoms. The van der Waals surface area contributed by atoms with E-state index >= 15 is 0 Å². The fourth-order valence-electron chi connectivity index (χ4n) is 1.73. The van der Waals surface area contributed by atoms with E-state index in [1.807, 2.05) is 12.1 Å². The zero-order valence-corrected chi connectivity index (χ0v) is 8.10. The fraction of sp³-hybridized carbons (Fsp3) is 0.167. The van der Waals surface area contributed by atoms with Crippen molar-refractivity contribution in [1.29, 1.82) is 0 Å². The molecule has 73 valence electrons. The van der Waals surface area contributed by atoms with Crippen molar-refractivity contribution in [3.8, 4) is 17.0 Å². The first kappa shape index (κ1) is 8.41. The van der Waals surface area contributed by atoms with Gasteiger partial charge in [-0.1, -0.05) is 12.1 Å². The average Bonchev–Trinajstić information content (AvgIpc) is 2.77. The monoisotopic (exact) mass is 197 g/mol. The van der Waals surface area contributed by atoms with Gasteiger partial charge < -0.3 is 4.74 Å². The molecule has 0 saturated carbocycles. The molecule has 2 aromatic rings. The van der Waals surface area contributed by atoms with E-state index in [0.717, 1.165) is 30.0 Å². The second-order valence-electron chi connectivity index (χ2n) is 3.45. The van der Waals surface area contributed by atoms with Gasteiger partial charge in [-0.05, 0) is 11.6 Å². The summed E-state index contributed by atoms with van der Waals surface area (Å²) in [4.78, 5) is 8.13. The lowest BCUT2D eigenvalue weighted by atomic mass is 10.1. The van der Waals surface area contributed by atoms with Crippen LogP contribution in [0.3, 0.4) is 0 Å². The zero-order valence-electron chi connectivity index (χ0n) is 8.10. The van der Waals surface area contributed by atoms with E-state index in [0.29, 0.717) is 0 Å². The highest BCUT2D eigenvalue weighted by Gasteiger charge is 2.12. The number of rotatable bonds is 1. The van der Waals surface area contributed by atoms with Crippen LogP contribution in [0.4, 0.5) is 0 Å². The van der Waals surface area contributed by atoms with Gasteiger partial charge in [0.2, 0.25) is 0 Å². The molecule has 2 heterocycles. The van der Waals surface area contributed by atoms with Crippen LogP contribution in [0.1, 0.15) is 5.56 Å². The lowest BCUT2D eigenvalue weighted by Gasteiger charge is -2.02. The largest absolute Gasteiger partial charge is 0.493 e. The third-order valence-corrected chi connectivity index (χ3v) is 2.51. The number of benzene rings is 1. The van der Waals surface area contributed by atoms with Crippen LogP contribution in [-0.2, 0) is 6.42 Å². The van der Waals surface area contributed by atoms with Crippen LogP contribution in [0.15, 0.2) is 30.6 Å². The second-order valence-corrected chi connectivity index (χ2v) is 3.45. The maximum atomic E-state index is 5.50. The molecule has 0 N–H and O–H groups in total. The first-order chi connectivity index (χ1) is 7.43. The van der Waals surface area contributed by atoms with Crippen molar-refractivity contribution in [2.75, 3.05) is 6.61 Å². The normalized spacial score (nSPS) is 13.3. The minimum absolute atomic E-state index is 0.783. The number of hydrogen-bond acceptors (Lipinski definition) is 3. The molecule has 0 atom stereocenters. The molecule has 0 spiro atoms. The van der Waals surface area contributed by atoms with Crippen LogP contribution in [0.25, 0.3) is 11.3 Å². The minimum Gasteiger partial charge on any atom is -0.493 e. The second kappa shape index (κ2) is 3.35. The highest BCUT2D eigenvalue weighted by molar-refractivity contribution is 5.62. The van der Waals surface area contributed by atoms with Crippen molar-refractivity contribution in [2.45, 2.75) is 6.42 Å². The number of hydrogen-bond donors (Lipinski definition) is 0. The summed E-state index contributed by atoms with van der Waals surface area (Å²) in [5.74, 6) is 0.971. The summed E-state index contributed by atoms with van der Waals surface area (Å²) in [7, 11) is 0.